The summed E-state index contributed by atoms with van der Waals surface area (Å²) in [7, 11) is 2.12. The first kappa shape index (κ1) is 13.6. The Balaban J connectivity index is 1.76. The van der Waals surface area contributed by atoms with Crippen molar-refractivity contribution in [3.05, 3.63) is 34.9 Å². The lowest BCUT2D eigenvalue weighted by atomic mass is 9.98. The van der Waals surface area contributed by atoms with Crippen LogP contribution >= 0.6 is 0 Å². The molecule has 2 aliphatic heterocycles. The standard InChI is InChI=1S/C16H23N3O/c1-18-7-2-8-19(10-9-18)16(20)14-4-3-13-5-6-17-12-15(13)11-14/h3-4,11,17H,2,5-10,12H2,1H3. The van der Waals surface area contributed by atoms with Crippen LogP contribution in [0.1, 0.15) is 27.9 Å². The van der Waals surface area contributed by atoms with Crippen LogP contribution in [0.3, 0.4) is 0 Å². The zero-order chi connectivity index (χ0) is 13.9. The molecule has 1 aromatic rings. The maximum atomic E-state index is 12.6. The molecule has 1 aromatic carbocycles. The molecule has 0 bridgehead atoms. The normalized spacial score (nSPS) is 20.4. The second-order valence-corrected chi connectivity index (χ2v) is 5.86. The Kier molecular flexibility index (Phi) is 4.03. The SMILES string of the molecule is CN1CCCN(C(=O)c2ccc3c(c2)CNCC3)CC1. The van der Waals surface area contributed by atoms with E-state index in [1.54, 1.807) is 0 Å². The molecule has 108 valence electrons. The van der Waals surface area contributed by atoms with Gasteiger partial charge in [0.15, 0.2) is 0 Å². The third-order valence-corrected chi connectivity index (χ3v) is 4.35. The first-order valence-electron chi connectivity index (χ1n) is 7.54. The number of carbonyl (C=O) groups is 1. The second-order valence-electron chi connectivity index (χ2n) is 5.86. The van der Waals surface area contributed by atoms with Crippen molar-refractivity contribution in [2.24, 2.45) is 0 Å². The van der Waals surface area contributed by atoms with Crippen LogP contribution in [0, 0.1) is 0 Å². The minimum absolute atomic E-state index is 0.189. The zero-order valence-electron chi connectivity index (χ0n) is 12.2. The minimum atomic E-state index is 0.189. The molecule has 0 radical (unpaired) electrons. The lowest BCUT2D eigenvalue weighted by Crippen LogP contribution is -2.34. The van der Waals surface area contributed by atoms with Crippen LogP contribution in [-0.4, -0.2) is 55.5 Å². The highest BCUT2D eigenvalue weighted by Gasteiger charge is 2.20. The summed E-state index contributed by atoms with van der Waals surface area (Å²) in [6.45, 7) is 5.69. The Morgan fingerprint density at radius 1 is 1.15 bits per heavy atom. The van der Waals surface area contributed by atoms with Gasteiger partial charge in [-0.2, -0.15) is 0 Å². The maximum Gasteiger partial charge on any atom is 0.253 e. The third-order valence-electron chi connectivity index (χ3n) is 4.35. The highest BCUT2D eigenvalue weighted by atomic mass is 16.2. The molecule has 2 heterocycles. The molecule has 20 heavy (non-hydrogen) atoms. The number of fused-ring (bicyclic) bond motifs is 1. The van der Waals surface area contributed by atoms with E-state index < -0.39 is 0 Å². The molecular weight excluding hydrogens is 250 g/mol. The van der Waals surface area contributed by atoms with Crippen molar-refractivity contribution in [3.8, 4) is 0 Å². The van der Waals surface area contributed by atoms with Crippen LogP contribution in [0.25, 0.3) is 0 Å². The molecule has 1 amide bonds. The number of nitrogens with one attached hydrogen (secondary N) is 1. The fourth-order valence-corrected chi connectivity index (χ4v) is 3.05. The Bertz CT molecular complexity index is 500. The van der Waals surface area contributed by atoms with Crippen LogP contribution in [0.5, 0.6) is 0 Å². The predicted octanol–water partition coefficient (Wildman–Crippen LogP) is 1.11. The summed E-state index contributed by atoms with van der Waals surface area (Å²) < 4.78 is 0. The predicted molar refractivity (Wildman–Crippen MR) is 79.9 cm³/mol. The van der Waals surface area contributed by atoms with Crippen molar-refractivity contribution in [2.75, 3.05) is 39.8 Å². The average molecular weight is 273 g/mol. The van der Waals surface area contributed by atoms with Gasteiger partial charge in [0.1, 0.15) is 0 Å². The van der Waals surface area contributed by atoms with Gasteiger partial charge in [0.25, 0.3) is 5.91 Å². The van der Waals surface area contributed by atoms with E-state index in [4.69, 9.17) is 0 Å². The van der Waals surface area contributed by atoms with Gasteiger partial charge in [-0.1, -0.05) is 6.07 Å². The maximum absolute atomic E-state index is 12.6. The molecule has 4 heteroatoms. The van der Waals surface area contributed by atoms with E-state index in [1.807, 2.05) is 11.0 Å². The van der Waals surface area contributed by atoms with Gasteiger partial charge in [0.2, 0.25) is 0 Å². The van der Waals surface area contributed by atoms with Crippen molar-refractivity contribution in [2.45, 2.75) is 19.4 Å². The fraction of sp³-hybridized carbons (Fsp3) is 0.562. The molecule has 2 aliphatic rings. The largest absolute Gasteiger partial charge is 0.337 e. The number of amides is 1. The summed E-state index contributed by atoms with van der Waals surface area (Å²) in [6, 6.07) is 6.22. The first-order chi connectivity index (χ1) is 9.74. The first-order valence-corrected chi connectivity index (χ1v) is 7.54. The molecule has 1 N–H and O–H groups in total. The summed E-state index contributed by atoms with van der Waals surface area (Å²) in [5.41, 5.74) is 3.52. The van der Waals surface area contributed by atoms with Gasteiger partial charge < -0.3 is 15.1 Å². The summed E-state index contributed by atoms with van der Waals surface area (Å²) in [5, 5.41) is 3.37. The van der Waals surface area contributed by atoms with Crippen molar-refractivity contribution in [1.82, 2.24) is 15.1 Å². The summed E-state index contributed by atoms with van der Waals surface area (Å²) >= 11 is 0. The van der Waals surface area contributed by atoms with Gasteiger partial charge in [0, 0.05) is 31.7 Å². The zero-order valence-corrected chi connectivity index (χ0v) is 12.2. The molecule has 0 aliphatic carbocycles. The van der Waals surface area contributed by atoms with Crippen molar-refractivity contribution < 1.29 is 4.79 Å². The lowest BCUT2D eigenvalue weighted by Gasteiger charge is -2.22. The van der Waals surface area contributed by atoms with Crippen LogP contribution < -0.4 is 5.32 Å². The van der Waals surface area contributed by atoms with E-state index in [0.717, 1.165) is 57.7 Å². The fourth-order valence-electron chi connectivity index (χ4n) is 3.05. The van der Waals surface area contributed by atoms with Crippen molar-refractivity contribution in [3.63, 3.8) is 0 Å². The van der Waals surface area contributed by atoms with E-state index in [-0.39, 0.29) is 5.91 Å². The molecule has 1 saturated heterocycles. The number of hydrogen-bond acceptors (Lipinski definition) is 3. The van der Waals surface area contributed by atoms with Crippen LogP contribution in [-0.2, 0) is 13.0 Å². The lowest BCUT2D eigenvalue weighted by molar-refractivity contribution is 0.0762. The molecule has 0 atom stereocenters. The number of nitrogens with zero attached hydrogens (tertiary/aromatic N) is 2. The Labute approximate surface area is 120 Å². The van der Waals surface area contributed by atoms with Gasteiger partial charge in [-0.05, 0) is 56.2 Å². The van der Waals surface area contributed by atoms with Gasteiger partial charge in [-0.15, -0.1) is 0 Å². The third kappa shape index (κ3) is 2.86. The molecular formula is C16H23N3O. The highest BCUT2D eigenvalue weighted by molar-refractivity contribution is 5.94. The second kappa shape index (κ2) is 5.94. The van der Waals surface area contributed by atoms with E-state index >= 15 is 0 Å². The van der Waals surface area contributed by atoms with E-state index in [2.05, 4.69) is 29.4 Å². The van der Waals surface area contributed by atoms with Gasteiger partial charge in [-0.25, -0.2) is 0 Å². The van der Waals surface area contributed by atoms with Gasteiger partial charge >= 0.3 is 0 Å². The van der Waals surface area contributed by atoms with E-state index in [0.29, 0.717) is 0 Å². The van der Waals surface area contributed by atoms with Crippen molar-refractivity contribution in [1.29, 1.82) is 0 Å². The Morgan fingerprint density at radius 3 is 2.95 bits per heavy atom. The Morgan fingerprint density at radius 2 is 2.05 bits per heavy atom. The number of carbonyl (C=O) groups excluding carboxylic acids is 1. The van der Waals surface area contributed by atoms with E-state index in [1.165, 1.54) is 11.1 Å². The Hall–Kier alpha value is -1.39. The molecule has 0 aromatic heterocycles. The molecule has 1 fully saturated rings. The number of likely N-dealkylation sites (N-methyl/N-ethyl adjacent to an activating group) is 1. The van der Waals surface area contributed by atoms with Crippen LogP contribution in [0.2, 0.25) is 0 Å². The average Bonchev–Trinajstić information content (AvgIpc) is 2.71. The molecule has 3 rings (SSSR count). The monoisotopic (exact) mass is 273 g/mol. The highest BCUT2D eigenvalue weighted by Crippen LogP contribution is 2.17. The van der Waals surface area contributed by atoms with Crippen LogP contribution in [0.15, 0.2) is 18.2 Å². The smallest absolute Gasteiger partial charge is 0.253 e. The number of hydrogen-bond donors (Lipinski definition) is 1. The number of benzene rings is 1. The molecule has 0 spiro atoms. The molecule has 4 nitrogen and oxygen atoms in total. The summed E-state index contributed by atoms with van der Waals surface area (Å²) in [4.78, 5) is 16.9. The minimum Gasteiger partial charge on any atom is -0.337 e. The molecule has 0 saturated carbocycles. The van der Waals surface area contributed by atoms with Crippen LogP contribution in [0.4, 0.5) is 0 Å². The van der Waals surface area contributed by atoms with Gasteiger partial charge in [-0.3, -0.25) is 4.79 Å². The summed E-state index contributed by atoms with van der Waals surface area (Å²) in [6.07, 6.45) is 2.13. The van der Waals surface area contributed by atoms with Crippen molar-refractivity contribution >= 4 is 5.91 Å². The summed E-state index contributed by atoms with van der Waals surface area (Å²) in [5.74, 6) is 0.189. The number of rotatable bonds is 1. The van der Waals surface area contributed by atoms with Gasteiger partial charge in [0.05, 0.1) is 0 Å². The quantitative estimate of drug-likeness (QED) is 0.832. The topological polar surface area (TPSA) is 35.6 Å². The van der Waals surface area contributed by atoms with E-state index in [9.17, 15) is 4.79 Å². The molecule has 0 unspecified atom stereocenters.